The average molecular weight is 509 g/mol. The van der Waals surface area contributed by atoms with Crippen molar-refractivity contribution in [3.05, 3.63) is 57.6 Å². The van der Waals surface area contributed by atoms with Gasteiger partial charge in [0.25, 0.3) is 9.84 Å². The number of carbonyl (C=O) groups is 1. The molecule has 172 valence electrons. The Balaban J connectivity index is 2.37. The molecule has 0 fully saturated rings. The number of hydrogen-bond acceptors (Lipinski definition) is 5. The normalized spacial score (nSPS) is 12.0. The van der Waals surface area contributed by atoms with E-state index in [4.69, 9.17) is 32.7 Å². The number of esters is 1. The standard InChI is InChI=1S/C21H17Cl2F3O5S/c1-20(2,3)31-19(27)12-30-18-9-6-15(22)10-14(18)5-4-13-11-16(7-8-17(13)23)32(28,29)21(24,25)26/h6-11H,12H2,1-3H3. The third-order valence-corrected chi connectivity index (χ3v) is 5.64. The lowest BCUT2D eigenvalue weighted by atomic mass is 10.1. The van der Waals surface area contributed by atoms with Crippen LogP contribution in [-0.2, 0) is 19.4 Å². The van der Waals surface area contributed by atoms with E-state index in [2.05, 4.69) is 11.8 Å². The molecule has 0 radical (unpaired) electrons. The van der Waals surface area contributed by atoms with Gasteiger partial charge in [-0.25, -0.2) is 13.2 Å². The summed E-state index contributed by atoms with van der Waals surface area (Å²) in [6.07, 6.45) is 0. The lowest BCUT2D eigenvalue weighted by Crippen LogP contribution is -2.27. The summed E-state index contributed by atoms with van der Waals surface area (Å²) in [4.78, 5) is 10.9. The molecule has 0 spiro atoms. The maximum atomic E-state index is 12.8. The molecule has 0 aromatic heterocycles. The fourth-order valence-corrected chi connectivity index (χ4v) is 3.39. The van der Waals surface area contributed by atoms with Crippen LogP contribution in [0.15, 0.2) is 41.3 Å². The van der Waals surface area contributed by atoms with Crippen molar-refractivity contribution in [1.29, 1.82) is 0 Å². The second kappa shape index (κ2) is 9.61. The van der Waals surface area contributed by atoms with Crippen molar-refractivity contribution in [3.63, 3.8) is 0 Å². The molecule has 0 atom stereocenters. The van der Waals surface area contributed by atoms with Gasteiger partial charge in [0.1, 0.15) is 11.4 Å². The summed E-state index contributed by atoms with van der Waals surface area (Å²) in [5.41, 5.74) is -6.14. The minimum Gasteiger partial charge on any atom is -0.481 e. The highest BCUT2D eigenvalue weighted by molar-refractivity contribution is 7.92. The number of rotatable bonds is 4. The summed E-state index contributed by atoms with van der Waals surface area (Å²) < 4.78 is 72.3. The SMILES string of the molecule is CC(C)(C)OC(=O)COc1ccc(Cl)cc1C#Cc1cc(S(=O)(=O)C(F)(F)F)ccc1Cl. The largest absolute Gasteiger partial charge is 0.501 e. The molecule has 2 aromatic rings. The van der Waals surface area contributed by atoms with Crippen molar-refractivity contribution in [2.75, 3.05) is 6.61 Å². The highest BCUT2D eigenvalue weighted by Gasteiger charge is 2.47. The van der Waals surface area contributed by atoms with Gasteiger partial charge in [-0.15, -0.1) is 0 Å². The Hall–Kier alpha value is -2.41. The number of ether oxygens (including phenoxy) is 2. The van der Waals surface area contributed by atoms with Gasteiger partial charge in [-0.1, -0.05) is 35.0 Å². The quantitative estimate of drug-likeness (QED) is 0.408. The van der Waals surface area contributed by atoms with Crippen LogP contribution in [0.4, 0.5) is 13.2 Å². The number of carbonyl (C=O) groups excluding carboxylic acids is 1. The van der Waals surface area contributed by atoms with Crippen molar-refractivity contribution in [2.24, 2.45) is 0 Å². The average Bonchev–Trinajstić information content (AvgIpc) is 2.64. The highest BCUT2D eigenvalue weighted by Crippen LogP contribution is 2.32. The van der Waals surface area contributed by atoms with Gasteiger partial charge in [-0.2, -0.15) is 13.2 Å². The predicted molar refractivity (Wildman–Crippen MR) is 113 cm³/mol. The molecular formula is C21H17Cl2F3O5S. The fourth-order valence-electron chi connectivity index (χ4n) is 2.27. The van der Waals surface area contributed by atoms with Gasteiger partial charge < -0.3 is 9.47 Å². The molecular weight excluding hydrogens is 492 g/mol. The van der Waals surface area contributed by atoms with Gasteiger partial charge in [-0.05, 0) is 57.2 Å². The lowest BCUT2D eigenvalue weighted by Gasteiger charge is -2.19. The van der Waals surface area contributed by atoms with E-state index in [1.807, 2.05) is 0 Å². The predicted octanol–water partition coefficient (Wildman–Crippen LogP) is 5.41. The molecule has 0 heterocycles. The summed E-state index contributed by atoms with van der Waals surface area (Å²) in [6.45, 7) is 4.66. The zero-order valence-electron chi connectivity index (χ0n) is 17.0. The maximum Gasteiger partial charge on any atom is 0.501 e. The monoisotopic (exact) mass is 508 g/mol. The molecule has 0 amide bonds. The molecule has 0 unspecified atom stereocenters. The number of benzene rings is 2. The van der Waals surface area contributed by atoms with Crippen LogP contribution < -0.4 is 4.74 Å². The molecule has 11 heteroatoms. The summed E-state index contributed by atoms with van der Waals surface area (Å²) in [6, 6.07) is 6.81. The van der Waals surface area contributed by atoms with Crippen LogP contribution in [0.1, 0.15) is 31.9 Å². The molecule has 5 nitrogen and oxygen atoms in total. The van der Waals surface area contributed by atoms with E-state index in [-0.39, 0.29) is 26.9 Å². The highest BCUT2D eigenvalue weighted by atomic mass is 35.5. The van der Waals surface area contributed by atoms with Crippen molar-refractivity contribution in [2.45, 2.75) is 36.8 Å². The van der Waals surface area contributed by atoms with Gasteiger partial charge in [0.2, 0.25) is 0 Å². The van der Waals surface area contributed by atoms with E-state index in [0.29, 0.717) is 0 Å². The fraction of sp³-hybridized carbons (Fsp3) is 0.286. The van der Waals surface area contributed by atoms with Crippen molar-refractivity contribution in [1.82, 2.24) is 0 Å². The first-order valence-electron chi connectivity index (χ1n) is 8.87. The number of alkyl halides is 3. The minimum atomic E-state index is -5.57. The first-order chi connectivity index (χ1) is 14.6. The number of sulfone groups is 1. The van der Waals surface area contributed by atoms with Crippen molar-refractivity contribution < 1.29 is 35.9 Å². The molecule has 32 heavy (non-hydrogen) atoms. The lowest BCUT2D eigenvalue weighted by molar-refractivity contribution is -0.157. The van der Waals surface area contributed by atoms with Crippen LogP contribution in [0.25, 0.3) is 0 Å². The maximum absolute atomic E-state index is 12.8. The Bertz CT molecular complexity index is 1190. The first kappa shape index (κ1) is 25.8. The van der Waals surface area contributed by atoms with E-state index >= 15 is 0 Å². The zero-order chi connectivity index (χ0) is 24.3. The number of halogens is 5. The Morgan fingerprint density at radius 1 is 1.00 bits per heavy atom. The van der Waals surface area contributed by atoms with Crippen LogP contribution in [0, 0.1) is 11.8 Å². The Labute approximate surface area is 193 Å². The summed E-state index contributed by atoms with van der Waals surface area (Å²) in [7, 11) is -5.57. The van der Waals surface area contributed by atoms with Crippen LogP contribution in [-0.4, -0.2) is 32.1 Å². The van der Waals surface area contributed by atoms with Crippen molar-refractivity contribution >= 4 is 39.0 Å². The third-order valence-electron chi connectivity index (χ3n) is 3.59. The second-order valence-corrected chi connectivity index (χ2v) is 10.1. The molecule has 0 aliphatic carbocycles. The van der Waals surface area contributed by atoms with Gasteiger partial charge in [0.15, 0.2) is 6.61 Å². The third kappa shape index (κ3) is 6.79. The molecule has 0 N–H and O–H groups in total. The Kier molecular flexibility index (Phi) is 7.76. The smallest absolute Gasteiger partial charge is 0.481 e. The van der Waals surface area contributed by atoms with Gasteiger partial charge >= 0.3 is 11.5 Å². The van der Waals surface area contributed by atoms with E-state index in [1.165, 1.54) is 18.2 Å². The molecule has 2 rings (SSSR count). The Morgan fingerprint density at radius 2 is 1.62 bits per heavy atom. The van der Waals surface area contributed by atoms with Gasteiger partial charge in [0, 0.05) is 10.6 Å². The van der Waals surface area contributed by atoms with Crippen LogP contribution in [0.5, 0.6) is 5.75 Å². The van der Waals surface area contributed by atoms with Gasteiger partial charge in [-0.3, -0.25) is 0 Å². The molecule has 0 saturated heterocycles. The molecule has 2 aromatic carbocycles. The van der Waals surface area contributed by atoms with E-state index < -0.39 is 38.4 Å². The van der Waals surface area contributed by atoms with E-state index in [0.717, 1.165) is 18.2 Å². The minimum absolute atomic E-state index is 0.0584. The first-order valence-corrected chi connectivity index (χ1v) is 11.1. The molecule has 0 saturated carbocycles. The zero-order valence-corrected chi connectivity index (χ0v) is 19.3. The van der Waals surface area contributed by atoms with Crippen LogP contribution in [0.2, 0.25) is 10.0 Å². The van der Waals surface area contributed by atoms with E-state index in [9.17, 15) is 26.4 Å². The van der Waals surface area contributed by atoms with Crippen molar-refractivity contribution in [3.8, 4) is 17.6 Å². The van der Waals surface area contributed by atoms with Crippen LogP contribution >= 0.6 is 23.2 Å². The summed E-state index contributed by atoms with van der Waals surface area (Å²) in [5, 5.41) is 0.218. The molecule has 0 aliphatic rings. The molecule has 0 aliphatic heterocycles. The second-order valence-electron chi connectivity index (χ2n) is 7.36. The summed E-state index contributed by atoms with van der Waals surface area (Å²) in [5.74, 6) is 4.68. The Morgan fingerprint density at radius 3 is 2.22 bits per heavy atom. The molecule has 0 bridgehead atoms. The van der Waals surface area contributed by atoms with E-state index in [1.54, 1.807) is 20.8 Å². The summed E-state index contributed by atoms with van der Waals surface area (Å²) >= 11 is 11.9. The van der Waals surface area contributed by atoms with Gasteiger partial charge in [0.05, 0.1) is 15.5 Å². The van der Waals surface area contributed by atoms with Crippen LogP contribution in [0.3, 0.4) is 0 Å². The number of hydrogen-bond donors (Lipinski definition) is 0. The topological polar surface area (TPSA) is 69.7 Å².